The number of unbranched alkanes of at least 4 members (excludes halogenated alkanes) is 10. The van der Waals surface area contributed by atoms with Crippen molar-refractivity contribution in [2.75, 3.05) is 13.2 Å². The lowest BCUT2D eigenvalue weighted by molar-refractivity contribution is -0.129. The zero-order valence-corrected chi connectivity index (χ0v) is 15.5. The van der Waals surface area contributed by atoms with Crippen molar-refractivity contribution in [1.82, 2.24) is 0 Å². The summed E-state index contributed by atoms with van der Waals surface area (Å²) in [5, 5.41) is 18.6. The molecule has 2 atom stereocenters. The standard InChI is InChI=1S/C19H41NO3/c1-3-5-6-7-8-9-10-11-12-13-14-15-23-18(4-2)17(16-20)19(21)22/h17-19,21-22H,3-16,20H2,1-2H3. The van der Waals surface area contributed by atoms with Crippen molar-refractivity contribution in [1.29, 1.82) is 0 Å². The molecular formula is C19H41NO3. The van der Waals surface area contributed by atoms with Crippen LogP contribution >= 0.6 is 0 Å². The van der Waals surface area contributed by atoms with Crippen LogP contribution in [0.1, 0.15) is 90.9 Å². The molecule has 0 aliphatic heterocycles. The molecule has 4 N–H and O–H groups in total. The van der Waals surface area contributed by atoms with Crippen LogP contribution in [0.4, 0.5) is 0 Å². The van der Waals surface area contributed by atoms with Crippen LogP contribution in [0.25, 0.3) is 0 Å². The van der Waals surface area contributed by atoms with Crippen LogP contribution in [0.5, 0.6) is 0 Å². The van der Waals surface area contributed by atoms with Crippen molar-refractivity contribution < 1.29 is 14.9 Å². The zero-order chi connectivity index (χ0) is 17.3. The Morgan fingerprint density at radius 3 is 1.65 bits per heavy atom. The minimum atomic E-state index is -1.39. The van der Waals surface area contributed by atoms with Crippen LogP contribution in [-0.2, 0) is 4.74 Å². The number of hydrogen-bond acceptors (Lipinski definition) is 4. The lowest BCUT2D eigenvalue weighted by Gasteiger charge is -2.26. The smallest absolute Gasteiger partial charge is 0.157 e. The molecule has 0 rings (SSSR count). The first-order valence-corrected chi connectivity index (χ1v) is 9.85. The van der Waals surface area contributed by atoms with Crippen molar-refractivity contribution in [3.8, 4) is 0 Å². The maximum Gasteiger partial charge on any atom is 0.157 e. The van der Waals surface area contributed by atoms with E-state index < -0.39 is 6.29 Å². The van der Waals surface area contributed by atoms with Gasteiger partial charge in [-0.05, 0) is 12.8 Å². The second-order valence-corrected chi connectivity index (χ2v) is 6.67. The number of aliphatic hydroxyl groups is 2. The molecule has 0 saturated carbocycles. The minimum Gasteiger partial charge on any atom is -0.378 e. The molecule has 4 heteroatoms. The maximum atomic E-state index is 9.30. The largest absolute Gasteiger partial charge is 0.378 e. The van der Waals surface area contributed by atoms with Gasteiger partial charge in [0.05, 0.1) is 6.10 Å². The quantitative estimate of drug-likeness (QED) is 0.278. The van der Waals surface area contributed by atoms with Gasteiger partial charge in [0.25, 0.3) is 0 Å². The van der Waals surface area contributed by atoms with Crippen LogP contribution in [0.15, 0.2) is 0 Å². The lowest BCUT2D eigenvalue weighted by atomic mass is 9.99. The number of hydrogen-bond donors (Lipinski definition) is 3. The van der Waals surface area contributed by atoms with E-state index in [0.717, 1.165) is 12.8 Å². The fourth-order valence-electron chi connectivity index (χ4n) is 3.01. The van der Waals surface area contributed by atoms with Gasteiger partial charge in [0.1, 0.15) is 0 Å². The Bertz CT molecular complexity index is 237. The van der Waals surface area contributed by atoms with E-state index in [2.05, 4.69) is 6.92 Å². The third kappa shape index (κ3) is 12.9. The fraction of sp³-hybridized carbons (Fsp3) is 1.00. The molecule has 0 spiro atoms. The monoisotopic (exact) mass is 331 g/mol. The van der Waals surface area contributed by atoms with Crippen LogP contribution in [0.2, 0.25) is 0 Å². The summed E-state index contributed by atoms with van der Waals surface area (Å²) >= 11 is 0. The van der Waals surface area contributed by atoms with Gasteiger partial charge in [-0.2, -0.15) is 0 Å². The molecule has 0 aromatic carbocycles. The fourth-order valence-corrected chi connectivity index (χ4v) is 3.01. The van der Waals surface area contributed by atoms with Gasteiger partial charge >= 0.3 is 0 Å². The van der Waals surface area contributed by atoms with Crippen molar-refractivity contribution in [2.24, 2.45) is 11.7 Å². The molecular weight excluding hydrogens is 290 g/mol. The Labute approximate surface area is 143 Å². The first-order valence-electron chi connectivity index (χ1n) is 9.85. The summed E-state index contributed by atoms with van der Waals surface area (Å²) in [5.74, 6) is -0.382. The molecule has 0 radical (unpaired) electrons. The summed E-state index contributed by atoms with van der Waals surface area (Å²) in [6.07, 6.45) is 13.7. The molecule has 4 nitrogen and oxygen atoms in total. The van der Waals surface area contributed by atoms with E-state index in [-0.39, 0.29) is 18.6 Å². The molecule has 0 aliphatic rings. The molecule has 0 aliphatic carbocycles. The van der Waals surface area contributed by atoms with Crippen LogP contribution in [0.3, 0.4) is 0 Å². The van der Waals surface area contributed by atoms with E-state index in [4.69, 9.17) is 10.5 Å². The van der Waals surface area contributed by atoms with Crippen LogP contribution < -0.4 is 5.73 Å². The molecule has 0 amide bonds. The lowest BCUT2D eigenvalue weighted by Crippen LogP contribution is -2.38. The third-order valence-corrected chi connectivity index (χ3v) is 4.61. The molecule has 2 unspecified atom stereocenters. The summed E-state index contributed by atoms with van der Waals surface area (Å²) < 4.78 is 5.79. The Balaban J connectivity index is 3.43. The summed E-state index contributed by atoms with van der Waals surface area (Å²) in [5.41, 5.74) is 5.59. The predicted octanol–water partition coefficient (Wildman–Crippen LogP) is 3.98. The Kier molecular flexibility index (Phi) is 16.6. The third-order valence-electron chi connectivity index (χ3n) is 4.61. The molecule has 140 valence electrons. The van der Waals surface area contributed by atoms with Gasteiger partial charge in [0.15, 0.2) is 6.29 Å². The molecule has 0 bridgehead atoms. The van der Waals surface area contributed by atoms with Crippen molar-refractivity contribution in [3.05, 3.63) is 0 Å². The van der Waals surface area contributed by atoms with Crippen molar-refractivity contribution in [3.63, 3.8) is 0 Å². The number of nitrogens with two attached hydrogens (primary N) is 1. The van der Waals surface area contributed by atoms with Gasteiger partial charge in [-0.25, -0.2) is 0 Å². The number of ether oxygens (including phenoxy) is 1. The second-order valence-electron chi connectivity index (χ2n) is 6.67. The first kappa shape index (κ1) is 22.8. The average Bonchev–Trinajstić information content (AvgIpc) is 2.54. The highest BCUT2D eigenvalue weighted by atomic mass is 16.5. The predicted molar refractivity (Wildman–Crippen MR) is 97.3 cm³/mol. The summed E-state index contributed by atoms with van der Waals surface area (Å²) in [4.78, 5) is 0. The number of aliphatic hydroxyl groups excluding tert-OH is 1. The van der Waals surface area contributed by atoms with E-state index >= 15 is 0 Å². The van der Waals surface area contributed by atoms with Crippen molar-refractivity contribution >= 4 is 0 Å². The average molecular weight is 332 g/mol. The molecule has 0 saturated heterocycles. The Morgan fingerprint density at radius 1 is 0.783 bits per heavy atom. The molecule has 0 aromatic rings. The maximum absolute atomic E-state index is 9.30. The normalized spacial score (nSPS) is 14.3. The Hall–Kier alpha value is -0.160. The Morgan fingerprint density at radius 2 is 1.26 bits per heavy atom. The van der Waals surface area contributed by atoms with Gasteiger partial charge in [-0.15, -0.1) is 0 Å². The zero-order valence-electron chi connectivity index (χ0n) is 15.5. The summed E-state index contributed by atoms with van der Waals surface area (Å²) in [6, 6.07) is 0. The minimum absolute atomic E-state index is 0.150. The van der Waals surface area contributed by atoms with Gasteiger partial charge < -0.3 is 20.7 Å². The van der Waals surface area contributed by atoms with E-state index in [9.17, 15) is 10.2 Å². The number of rotatable bonds is 17. The molecule has 0 aromatic heterocycles. The second kappa shape index (κ2) is 16.7. The van der Waals surface area contributed by atoms with E-state index in [0.29, 0.717) is 6.61 Å². The summed E-state index contributed by atoms with van der Waals surface area (Å²) in [7, 11) is 0. The van der Waals surface area contributed by atoms with E-state index in [1.165, 1.54) is 64.2 Å². The molecule has 0 heterocycles. The van der Waals surface area contributed by atoms with Crippen molar-refractivity contribution in [2.45, 2.75) is 103 Å². The summed E-state index contributed by atoms with van der Waals surface area (Å²) in [6.45, 7) is 5.19. The van der Waals surface area contributed by atoms with E-state index in [1.807, 2.05) is 6.92 Å². The highest BCUT2D eigenvalue weighted by Crippen LogP contribution is 2.15. The van der Waals surface area contributed by atoms with Crippen LogP contribution in [0, 0.1) is 5.92 Å². The SMILES string of the molecule is CCCCCCCCCCCCCOC(CC)C(CN)C(O)O. The molecule has 0 fully saturated rings. The highest BCUT2D eigenvalue weighted by molar-refractivity contribution is 4.72. The van der Waals surface area contributed by atoms with E-state index in [1.54, 1.807) is 0 Å². The van der Waals surface area contributed by atoms with Gasteiger partial charge in [0, 0.05) is 19.1 Å². The van der Waals surface area contributed by atoms with Gasteiger partial charge in [-0.3, -0.25) is 0 Å². The van der Waals surface area contributed by atoms with Gasteiger partial charge in [-0.1, -0.05) is 78.1 Å². The first-order chi connectivity index (χ1) is 11.2. The molecule has 23 heavy (non-hydrogen) atoms. The highest BCUT2D eigenvalue weighted by Gasteiger charge is 2.25. The van der Waals surface area contributed by atoms with Gasteiger partial charge in [0.2, 0.25) is 0 Å². The topological polar surface area (TPSA) is 75.7 Å². The van der Waals surface area contributed by atoms with Crippen LogP contribution in [-0.4, -0.2) is 35.8 Å².